The summed E-state index contributed by atoms with van der Waals surface area (Å²) in [6.07, 6.45) is 3.80. The van der Waals surface area contributed by atoms with Gasteiger partial charge >= 0.3 is 6.61 Å². The van der Waals surface area contributed by atoms with Gasteiger partial charge in [-0.1, -0.05) is 68.7 Å². The fourth-order valence-electron chi connectivity index (χ4n) is 3.90. The highest BCUT2D eigenvalue weighted by atomic mass is 19.3. The molecule has 1 unspecified atom stereocenters. The van der Waals surface area contributed by atoms with Crippen molar-refractivity contribution in [1.29, 1.82) is 0 Å². The van der Waals surface area contributed by atoms with Crippen molar-refractivity contribution < 1.29 is 37.2 Å². The van der Waals surface area contributed by atoms with E-state index in [0.29, 0.717) is 18.4 Å². The standard InChI is InChI=1S/C29H33F2N3O6/c1-2-3-5-11-23(17-34(20-35)38-18-21-9-6-4-7-10-21)27(36)32-19-33-28(37)26-15-14-25(40-26)22-12-8-13-24(16-22)39-29(30)31/h4,6-10,12-16,20,23,29H,2-3,5,11,17-19H2,1H3,(H,32,36)(H,33,37). The number of furan rings is 1. The van der Waals surface area contributed by atoms with Crippen molar-refractivity contribution in [3.63, 3.8) is 0 Å². The van der Waals surface area contributed by atoms with Gasteiger partial charge in [0, 0.05) is 5.56 Å². The van der Waals surface area contributed by atoms with Crippen molar-refractivity contribution in [3.8, 4) is 17.1 Å². The van der Waals surface area contributed by atoms with Crippen molar-refractivity contribution in [3.05, 3.63) is 78.1 Å². The van der Waals surface area contributed by atoms with Crippen LogP contribution in [0.2, 0.25) is 0 Å². The quantitative estimate of drug-likeness (QED) is 0.103. The number of benzene rings is 2. The molecule has 1 heterocycles. The van der Waals surface area contributed by atoms with Crippen LogP contribution in [-0.2, 0) is 21.0 Å². The van der Waals surface area contributed by atoms with Crippen LogP contribution in [0, 0.1) is 5.92 Å². The number of hydrogen-bond acceptors (Lipinski definition) is 6. The van der Waals surface area contributed by atoms with Gasteiger partial charge in [-0.15, -0.1) is 0 Å². The Bertz CT molecular complexity index is 1220. The summed E-state index contributed by atoms with van der Waals surface area (Å²) in [5.41, 5.74) is 1.34. The second-order valence-electron chi connectivity index (χ2n) is 8.95. The molecule has 214 valence electrons. The highest BCUT2D eigenvalue weighted by Crippen LogP contribution is 2.26. The highest BCUT2D eigenvalue weighted by Gasteiger charge is 2.22. The number of hydroxylamine groups is 2. The fourth-order valence-corrected chi connectivity index (χ4v) is 3.90. The molecule has 0 fully saturated rings. The van der Waals surface area contributed by atoms with Gasteiger partial charge in [0.15, 0.2) is 5.76 Å². The van der Waals surface area contributed by atoms with Crippen LogP contribution in [-0.4, -0.2) is 43.1 Å². The number of hydrogen-bond donors (Lipinski definition) is 2. The van der Waals surface area contributed by atoms with E-state index in [2.05, 4.69) is 22.3 Å². The minimum absolute atomic E-state index is 0.0228. The zero-order valence-corrected chi connectivity index (χ0v) is 22.2. The molecule has 11 heteroatoms. The average molecular weight is 558 g/mol. The van der Waals surface area contributed by atoms with E-state index in [9.17, 15) is 23.2 Å². The molecule has 2 aromatic carbocycles. The minimum atomic E-state index is -2.96. The lowest BCUT2D eigenvalue weighted by atomic mass is 10.0. The lowest BCUT2D eigenvalue weighted by Crippen LogP contribution is -2.43. The number of rotatable bonds is 17. The van der Waals surface area contributed by atoms with E-state index in [1.54, 1.807) is 6.07 Å². The summed E-state index contributed by atoms with van der Waals surface area (Å²) in [4.78, 5) is 42.7. The van der Waals surface area contributed by atoms with Crippen molar-refractivity contribution in [2.24, 2.45) is 5.92 Å². The predicted octanol–water partition coefficient (Wildman–Crippen LogP) is 5.14. The second kappa shape index (κ2) is 16.0. The van der Waals surface area contributed by atoms with Gasteiger partial charge in [0.25, 0.3) is 5.91 Å². The summed E-state index contributed by atoms with van der Waals surface area (Å²) in [5, 5.41) is 6.36. The molecule has 0 radical (unpaired) electrons. The number of nitrogens with one attached hydrogen (secondary N) is 2. The van der Waals surface area contributed by atoms with E-state index in [1.165, 1.54) is 30.3 Å². The Labute approximate surface area is 231 Å². The van der Waals surface area contributed by atoms with E-state index in [4.69, 9.17) is 9.25 Å². The normalized spacial score (nSPS) is 11.6. The van der Waals surface area contributed by atoms with Gasteiger partial charge in [-0.25, -0.2) is 5.06 Å². The SMILES string of the molecule is CCCCCC(CN(C=O)OCc1ccccc1)C(=O)NCNC(=O)c1ccc(-c2cccc(OC(F)F)c2)o1. The van der Waals surface area contributed by atoms with E-state index in [-0.39, 0.29) is 43.0 Å². The van der Waals surface area contributed by atoms with E-state index >= 15 is 0 Å². The molecule has 1 aromatic heterocycles. The molecule has 0 saturated heterocycles. The Balaban J connectivity index is 1.53. The van der Waals surface area contributed by atoms with Crippen molar-refractivity contribution in [2.45, 2.75) is 45.8 Å². The van der Waals surface area contributed by atoms with E-state index in [1.807, 2.05) is 30.3 Å². The molecule has 0 saturated carbocycles. The molecule has 2 N–H and O–H groups in total. The largest absolute Gasteiger partial charge is 0.451 e. The van der Waals surface area contributed by atoms with Crippen LogP contribution in [0.1, 0.15) is 48.7 Å². The lowest BCUT2D eigenvalue weighted by molar-refractivity contribution is -0.182. The number of amides is 3. The Morgan fingerprint density at radius 1 is 1.02 bits per heavy atom. The maximum Gasteiger partial charge on any atom is 0.387 e. The first-order valence-electron chi connectivity index (χ1n) is 13.0. The van der Waals surface area contributed by atoms with Crippen LogP contribution < -0.4 is 15.4 Å². The first-order valence-corrected chi connectivity index (χ1v) is 13.0. The topological polar surface area (TPSA) is 110 Å². The van der Waals surface area contributed by atoms with Gasteiger partial charge in [-0.3, -0.25) is 19.2 Å². The fraction of sp³-hybridized carbons (Fsp3) is 0.345. The Morgan fingerprint density at radius 2 is 1.82 bits per heavy atom. The maximum absolute atomic E-state index is 12.9. The summed E-state index contributed by atoms with van der Waals surface area (Å²) >= 11 is 0. The summed E-state index contributed by atoms with van der Waals surface area (Å²) in [5.74, 6) is -1.22. The molecule has 3 rings (SSSR count). The van der Waals surface area contributed by atoms with Crippen LogP contribution in [0.25, 0.3) is 11.3 Å². The van der Waals surface area contributed by atoms with Crippen LogP contribution in [0.15, 0.2) is 71.1 Å². The first-order chi connectivity index (χ1) is 19.4. The van der Waals surface area contributed by atoms with Gasteiger partial charge in [-0.2, -0.15) is 8.78 Å². The molecule has 0 spiro atoms. The van der Waals surface area contributed by atoms with Crippen molar-refractivity contribution in [1.82, 2.24) is 15.7 Å². The summed E-state index contributed by atoms with van der Waals surface area (Å²) < 4.78 is 34.9. The molecule has 0 aliphatic heterocycles. The zero-order chi connectivity index (χ0) is 28.7. The molecule has 0 bridgehead atoms. The third kappa shape index (κ3) is 9.81. The number of unbranched alkanes of at least 4 members (excludes halogenated alkanes) is 2. The zero-order valence-electron chi connectivity index (χ0n) is 22.2. The van der Waals surface area contributed by atoms with Gasteiger partial charge in [0.1, 0.15) is 18.1 Å². The van der Waals surface area contributed by atoms with E-state index < -0.39 is 18.4 Å². The van der Waals surface area contributed by atoms with Crippen molar-refractivity contribution in [2.75, 3.05) is 13.2 Å². The number of ether oxygens (including phenoxy) is 1. The number of alkyl halides is 2. The second-order valence-corrected chi connectivity index (χ2v) is 8.95. The molecule has 3 amide bonds. The Morgan fingerprint density at radius 3 is 2.55 bits per heavy atom. The number of carbonyl (C=O) groups is 3. The van der Waals surface area contributed by atoms with Crippen LogP contribution in [0.4, 0.5) is 8.78 Å². The molecule has 0 aliphatic carbocycles. The average Bonchev–Trinajstić information content (AvgIpc) is 3.45. The maximum atomic E-state index is 12.9. The molecule has 3 aromatic rings. The number of carbonyl (C=O) groups excluding carboxylic acids is 3. The van der Waals surface area contributed by atoms with Crippen LogP contribution in [0.5, 0.6) is 5.75 Å². The highest BCUT2D eigenvalue weighted by molar-refractivity contribution is 5.92. The molecular formula is C29H33F2N3O6. The summed E-state index contributed by atoms with van der Waals surface area (Å²) in [7, 11) is 0. The summed E-state index contributed by atoms with van der Waals surface area (Å²) in [6, 6.07) is 18.2. The number of nitrogens with zero attached hydrogens (tertiary/aromatic N) is 1. The monoisotopic (exact) mass is 557 g/mol. The third-order valence-corrected chi connectivity index (χ3v) is 5.97. The van der Waals surface area contributed by atoms with Gasteiger partial charge in [0.2, 0.25) is 12.3 Å². The molecule has 0 aliphatic rings. The Hall–Kier alpha value is -4.25. The van der Waals surface area contributed by atoms with Crippen LogP contribution in [0.3, 0.4) is 0 Å². The first kappa shape index (κ1) is 30.3. The van der Waals surface area contributed by atoms with Crippen LogP contribution >= 0.6 is 0 Å². The van der Waals surface area contributed by atoms with Gasteiger partial charge < -0.3 is 19.8 Å². The van der Waals surface area contributed by atoms with Gasteiger partial charge in [0.05, 0.1) is 19.1 Å². The van der Waals surface area contributed by atoms with Crippen molar-refractivity contribution >= 4 is 18.2 Å². The lowest BCUT2D eigenvalue weighted by Gasteiger charge is -2.23. The van der Waals surface area contributed by atoms with Gasteiger partial charge in [-0.05, 0) is 36.2 Å². The molecule has 9 nitrogen and oxygen atoms in total. The summed E-state index contributed by atoms with van der Waals surface area (Å²) in [6.45, 7) is -0.817. The molecule has 1 atom stereocenters. The third-order valence-electron chi connectivity index (χ3n) is 5.97. The Kier molecular flexibility index (Phi) is 12.1. The van der Waals surface area contributed by atoms with E-state index in [0.717, 1.165) is 29.9 Å². The predicted molar refractivity (Wildman–Crippen MR) is 143 cm³/mol. The molecular weight excluding hydrogens is 524 g/mol. The minimum Gasteiger partial charge on any atom is -0.451 e. The molecule has 40 heavy (non-hydrogen) atoms. The smallest absolute Gasteiger partial charge is 0.387 e. The number of halogens is 2.